The molecule has 0 bridgehead atoms. The zero-order chi connectivity index (χ0) is 28.4. The summed E-state index contributed by atoms with van der Waals surface area (Å²) in [5.41, 5.74) is -0.514. The van der Waals surface area contributed by atoms with E-state index in [-0.39, 0.29) is 31.1 Å². The first-order valence-corrected chi connectivity index (χ1v) is 15.0. The van der Waals surface area contributed by atoms with Crippen molar-refractivity contribution < 1.29 is 32.9 Å². The highest BCUT2D eigenvalue weighted by Gasteiger charge is 2.25. The molecule has 11 heteroatoms. The Kier molecular flexibility index (Phi) is 8.24. The molecule has 0 aliphatic heterocycles. The summed E-state index contributed by atoms with van der Waals surface area (Å²) in [7, 11) is -3.65. The minimum absolute atomic E-state index is 0.0715. The Morgan fingerprint density at radius 1 is 1.05 bits per heavy atom. The molecule has 0 fully saturated rings. The summed E-state index contributed by atoms with van der Waals surface area (Å²) in [5.74, 6) is 0.373. The second kappa shape index (κ2) is 11.3. The number of rotatable bonds is 9. The number of ether oxygens (including phenoxy) is 2. The highest BCUT2D eigenvalue weighted by atomic mass is 32.2. The molecule has 0 radical (unpaired) electrons. The van der Waals surface area contributed by atoms with Crippen molar-refractivity contribution in [2.24, 2.45) is 0 Å². The van der Waals surface area contributed by atoms with Crippen LogP contribution >= 0.6 is 11.3 Å². The van der Waals surface area contributed by atoms with Gasteiger partial charge in [0.1, 0.15) is 23.7 Å². The fourth-order valence-corrected chi connectivity index (χ4v) is 5.71. The molecule has 3 aromatic carbocycles. The van der Waals surface area contributed by atoms with Gasteiger partial charge in [-0.1, -0.05) is 24.3 Å². The van der Waals surface area contributed by atoms with E-state index in [0.29, 0.717) is 11.3 Å². The molecule has 0 aliphatic carbocycles. The van der Waals surface area contributed by atoms with Gasteiger partial charge in [-0.2, -0.15) is 0 Å². The maximum absolute atomic E-state index is 13.0. The first-order chi connectivity index (χ1) is 18.3. The lowest BCUT2D eigenvalue weighted by Gasteiger charge is -2.29. The lowest BCUT2D eigenvalue weighted by atomic mass is 10.1. The van der Waals surface area contributed by atoms with Crippen molar-refractivity contribution in [2.45, 2.75) is 32.5 Å². The van der Waals surface area contributed by atoms with Gasteiger partial charge in [0, 0.05) is 20.2 Å². The average molecular weight is 573 g/mol. The van der Waals surface area contributed by atoms with E-state index in [1.54, 1.807) is 32.1 Å². The van der Waals surface area contributed by atoms with Gasteiger partial charge in [0.15, 0.2) is 0 Å². The number of thiophene rings is 1. The van der Waals surface area contributed by atoms with Gasteiger partial charge in [0.25, 0.3) is 0 Å². The quantitative estimate of drug-likeness (QED) is 0.227. The first kappa shape index (κ1) is 28.5. The smallest absolute Gasteiger partial charge is 0.410 e. The number of fused-ring (bicyclic) bond motifs is 3. The van der Waals surface area contributed by atoms with Crippen molar-refractivity contribution in [2.75, 3.05) is 30.7 Å². The Morgan fingerprint density at radius 3 is 2.49 bits per heavy atom. The summed E-state index contributed by atoms with van der Waals surface area (Å²) >= 11 is 1.68. The van der Waals surface area contributed by atoms with Crippen LogP contribution in [0.1, 0.15) is 32.4 Å². The third-order valence-corrected chi connectivity index (χ3v) is 7.45. The molecule has 1 aromatic heterocycles. The maximum Gasteiger partial charge on any atom is 0.410 e. The summed E-state index contributed by atoms with van der Waals surface area (Å²) < 4.78 is 39.2. The Hall–Kier alpha value is -3.54. The molecule has 9 nitrogen and oxygen atoms in total. The number of aromatic hydroxyl groups is 1. The van der Waals surface area contributed by atoms with Gasteiger partial charge < -0.3 is 24.6 Å². The Labute approximate surface area is 231 Å². The lowest BCUT2D eigenvalue weighted by molar-refractivity contribution is 0.0117. The number of sulfonamides is 1. The Balaban J connectivity index is 1.47. The summed E-state index contributed by atoms with van der Waals surface area (Å²) in [6, 6.07) is 18.1. The minimum Gasteiger partial charge on any atom is -0.506 e. The predicted molar refractivity (Wildman–Crippen MR) is 154 cm³/mol. The number of phenols is 1. The van der Waals surface area contributed by atoms with E-state index < -0.39 is 27.8 Å². The number of phenolic OH excluding ortho intramolecular Hbond substituents is 1. The molecular formula is C28H32N2O7S2. The van der Waals surface area contributed by atoms with Crippen LogP contribution in [0.3, 0.4) is 0 Å². The zero-order valence-electron chi connectivity index (χ0n) is 22.2. The number of benzene rings is 3. The van der Waals surface area contributed by atoms with Crippen LogP contribution in [-0.2, 0) is 14.8 Å². The van der Waals surface area contributed by atoms with E-state index in [4.69, 9.17) is 9.47 Å². The van der Waals surface area contributed by atoms with Crippen LogP contribution < -0.4 is 9.46 Å². The monoisotopic (exact) mass is 572 g/mol. The van der Waals surface area contributed by atoms with Gasteiger partial charge in [-0.05, 0) is 62.7 Å². The van der Waals surface area contributed by atoms with Gasteiger partial charge >= 0.3 is 6.09 Å². The van der Waals surface area contributed by atoms with Crippen LogP contribution in [0.15, 0.2) is 60.7 Å². The van der Waals surface area contributed by atoms with Gasteiger partial charge in [0.2, 0.25) is 10.0 Å². The Bertz CT molecular complexity index is 1590. The van der Waals surface area contributed by atoms with Gasteiger partial charge in [0.05, 0.1) is 31.1 Å². The zero-order valence-corrected chi connectivity index (χ0v) is 23.8. The molecule has 0 saturated heterocycles. The predicted octanol–water partition coefficient (Wildman–Crippen LogP) is 5.48. The lowest BCUT2D eigenvalue weighted by Crippen LogP contribution is -2.41. The highest BCUT2D eigenvalue weighted by Crippen LogP contribution is 2.35. The molecule has 4 aromatic rings. The molecule has 1 atom stereocenters. The number of nitrogens with one attached hydrogen (secondary N) is 1. The molecular weight excluding hydrogens is 540 g/mol. The summed E-state index contributed by atoms with van der Waals surface area (Å²) in [4.78, 5) is 14.3. The fraction of sp³-hybridized carbons (Fsp3) is 0.321. The molecule has 3 N–H and O–H groups in total. The Morgan fingerprint density at radius 2 is 1.77 bits per heavy atom. The number of carbonyl (C=O) groups is 1. The van der Waals surface area contributed by atoms with E-state index in [1.165, 1.54) is 33.2 Å². The second-order valence-electron chi connectivity index (χ2n) is 10.2. The van der Waals surface area contributed by atoms with Crippen LogP contribution in [0.5, 0.6) is 11.5 Å². The van der Waals surface area contributed by atoms with Gasteiger partial charge in [-0.15, -0.1) is 11.3 Å². The third kappa shape index (κ3) is 7.53. The first-order valence-electron chi connectivity index (χ1n) is 12.3. The average Bonchev–Trinajstić information content (AvgIpc) is 3.20. The second-order valence-corrected chi connectivity index (χ2v) is 13.0. The maximum atomic E-state index is 13.0. The van der Waals surface area contributed by atoms with Crippen LogP contribution in [0, 0.1) is 0 Å². The molecule has 39 heavy (non-hydrogen) atoms. The van der Waals surface area contributed by atoms with Gasteiger partial charge in [-0.3, -0.25) is 4.72 Å². The largest absolute Gasteiger partial charge is 0.506 e. The molecule has 208 valence electrons. The van der Waals surface area contributed by atoms with Crippen molar-refractivity contribution in [3.8, 4) is 11.5 Å². The molecule has 0 spiro atoms. The molecule has 0 saturated carbocycles. The van der Waals surface area contributed by atoms with Crippen LogP contribution in [0.4, 0.5) is 10.5 Å². The number of anilines is 1. The molecule has 0 aliphatic rings. The van der Waals surface area contributed by atoms with Crippen molar-refractivity contribution >= 4 is 53.3 Å². The standard InChI is InChI=1S/C28H32N2O7S2/c1-28(2,3)37-27(33)30(17-24(32)18-9-12-23(31)22(15-18)29-39(4,34)35)13-14-36-19-10-11-21-20-7-5-6-8-25(20)38-26(21)16-19/h5-12,15-16,24,29,31-32H,13-14,17H2,1-4H3. The van der Waals surface area contributed by atoms with Crippen molar-refractivity contribution in [3.63, 3.8) is 0 Å². The van der Waals surface area contributed by atoms with E-state index in [0.717, 1.165) is 16.3 Å². The van der Waals surface area contributed by atoms with E-state index in [1.807, 2.05) is 30.3 Å². The number of nitrogens with zero attached hydrogens (tertiary/aromatic N) is 1. The number of hydrogen-bond donors (Lipinski definition) is 3. The van der Waals surface area contributed by atoms with Crippen LogP contribution in [0.2, 0.25) is 0 Å². The van der Waals surface area contributed by atoms with Crippen molar-refractivity contribution in [1.29, 1.82) is 0 Å². The summed E-state index contributed by atoms with van der Waals surface area (Å²) in [6.45, 7) is 5.39. The number of aliphatic hydroxyl groups excluding tert-OH is 1. The minimum atomic E-state index is -3.65. The number of hydrogen-bond acceptors (Lipinski definition) is 8. The van der Waals surface area contributed by atoms with Crippen LogP contribution in [-0.4, -0.2) is 61.2 Å². The normalized spacial score (nSPS) is 12.8. The van der Waals surface area contributed by atoms with E-state index >= 15 is 0 Å². The highest BCUT2D eigenvalue weighted by molar-refractivity contribution is 7.92. The molecule has 4 rings (SSSR count). The molecule has 1 amide bonds. The number of carbonyl (C=O) groups excluding carboxylic acids is 1. The fourth-order valence-electron chi connectivity index (χ4n) is 4.01. The molecule has 1 unspecified atom stereocenters. The van der Waals surface area contributed by atoms with Crippen molar-refractivity contribution in [1.82, 2.24) is 4.90 Å². The topological polar surface area (TPSA) is 125 Å². The molecule has 1 heterocycles. The third-order valence-electron chi connectivity index (χ3n) is 5.73. The SMILES string of the molecule is CC(C)(C)OC(=O)N(CCOc1ccc2c(c1)sc1ccccc12)CC(O)c1ccc(O)c(NS(C)(=O)=O)c1. The summed E-state index contributed by atoms with van der Waals surface area (Å²) in [6.07, 6.45) is -0.857. The number of aliphatic hydroxyl groups is 1. The number of amides is 1. The van der Waals surface area contributed by atoms with Gasteiger partial charge in [-0.25, -0.2) is 13.2 Å². The van der Waals surface area contributed by atoms with Crippen molar-refractivity contribution in [3.05, 3.63) is 66.2 Å². The van der Waals surface area contributed by atoms with E-state index in [2.05, 4.69) is 16.9 Å². The van der Waals surface area contributed by atoms with Crippen LogP contribution in [0.25, 0.3) is 20.2 Å². The summed E-state index contributed by atoms with van der Waals surface area (Å²) in [5, 5.41) is 23.3. The van der Waals surface area contributed by atoms with E-state index in [9.17, 15) is 23.4 Å².